The van der Waals surface area contributed by atoms with Crippen LogP contribution in [-0.4, -0.2) is 102 Å². The Morgan fingerprint density at radius 2 is 1.78 bits per heavy atom. The largest absolute Gasteiger partial charge is 0.494 e. The van der Waals surface area contributed by atoms with Gasteiger partial charge < -0.3 is 29.7 Å². The number of piperazine rings is 1. The number of aryl methyl sites for hydroxylation is 1. The maximum atomic E-state index is 13.3. The Morgan fingerprint density at radius 3 is 2.47 bits per heavy atom. The molecule has 0 radical (unpaired) electrons. The SMILES string of the molecule is CCc1cc(Nc2ncc(Br)c(Nc3ccc4cncn4c3P(C)(C)=O)n2)c(OC)cc1N1CCC(N2CCN(C)CC2)CC1. The summed E-state index contributed by atoms with van der Waals surface area (Å²) in [5.74, 6) is 1.72. The normalized spacial score (nSPS) is 17.2. The van der Waals surface area contributed by atoms with Gasteiger partial charge in [0.25, 0.3) is 0 Å². The monoisotopic (exact) mass is 695 g/mol. The number of pyridine rings is 1. The second kappa shape index (κ2) is 13.3. The zero-order valence-corrected chi connectivity index (χ0v) is 29.2. The highest BCUT2D eigenvalue weighted by Gasteiger charge is 2.28. The van der Waals surface area contributed by atoms with Crippen molar-refractivity contribution in [3.8, 4) is 5.75 Å². The van der Waals surface area contributed by atoms with Crippen LogP contribution < -0.4 is 25.7 Å². The van der Waals surface area contributed by atoms with Crippen molar-refractivity contribution in [3.05, 3.63) is 53.0 Å². The van der Waals surface area contributed by atoms with Gasteiger partial charge in [-0.25, -0.2) is 9.97 Å². The average molecular weight is 697 g/mol. The molecule has 3 aromatic heterocycles. The minimum atomic E-state index is -2.67. The van der Waals surface area contributed by atoms with E-state index in [-0.39, 0.29) is 0 Å². The smallest absolute Gasteiger partial charge is 0.229 e. The molecule has 0 unspecified atom stereocenters. The molecule has 0 aliphatic carbocycles. The fraction of sp³-hybridized carbons (Fsp3) is 0.469. The van der Waals surface area contributed by atoms with Crippen molar-refractivity contribution in [2.24, 2.45) is 0 Å². The standard InChI is InChI=1S/C32H43BrN9O2P/c1-6-22-17-27(29(44-3)18-28(22)41-11-9-23(10-12-41)40-15-13-39(2)14-16-40)37-32-35-20-25(33)30(38-32)36-26-8-7-24-19-34-21-42(24)31(26)45(4,5)43/h7-8,17-21,23H,6,9-16H2,1-5H3,(H2,35,36,37,38). The fourth-order valence-corrected chi connectivity index (χ4v) is 8.19. The van der Waals surface area contributed by atoms with Gasteiger partial charge in [0.05, 0.1) is 41.0 Å². The molecule has 45 heavy (non-hydrogen) atoms. The van der Waals surface area contributed by atoms with Crippen LogP contribution in [0.3, 0.4) is 0 Å². The number of imidazole rings is 1. The zero-order valence-electron chi connectivity index (χ0n) is 26.8. The van der Waals surface area contributed by atoms with Gasteiger partial charge in [-0.3, -0.25) is 9.30 Å². The molecular formula is C32H43BrN9O2P. The van der Waals surface area contributed by atoms with Crippen LogP contribution in [0.1, 0.15) is 25.3 Å². The Morgan fingerprint density at radius 1 is 1.02 bits per heavy atom. The third-order valence-corrected chi connectivity index (χ3v) is 11.0. The summed E-state index contributed by atoms with van der Waals surface area (Å²) >= 11 is 3.59. The van der Waals surface area contributed by atoms with Crippen molar-refractivity contribution < 1.29 is 9.30 Å². The van der Waals surface area contributed by atoms with E-state index in [9.17, 15) is 4.57 Å². The molecule has 0 spiro atoms. The predicted octanol–water partition coefficient (Wildman–Crippen LogP) is 5.41. The number of ether oxygens (including phenoxy) is 1. The molecule has 0 amide bonds. The quantitative estimate of drug-likeness (QED) is 0.221. The lowest BCUT2D eigenvalue weighted by atomic mass is 9.99. The van der Waals surface area contributed by atoms with Gasteiger partial charge in [-0.1, -0.05) is 6.92 Å². The van der Waals surface area contributed by atoms with Gasteiger partial charge in [0.2, 0.25) is 5.95 Å². The van der Waals surface area contributed by atoms with Crippen LogP contribution in [0.5, 0.6) is 5.75 Å². The molecular weight excluding hydrogens is 653 g/mol. The minimum absolute atomic E-state index is 0.420. The molecule has 0 bridgehead atoms. The Hall–Kier alpha value is -3.18. The summed E-state index contributed by atoms with van der Waals surface area (Å²) < 4.78 is 21.8. The number of hydrogen-bond acceptors (Lipinski definition) is 10. The van der Waals surface area contributed by atoms with Gasteiger partial charge in [-0.2, -0.15) is 4.98 Å². The topological polar surface area (TPSA) is 103 Å². The average Bonchev–Trinajstić information content (AvgIpc) is 3.51. The first kappa shape index (κ1) is 31.8. The third-order valence-electron chi connectivity index (χ3n) is 8.95. The molecule has 1 aromatic carbocycles. The van der Waals surface area contributed by atoms with Crippen molar-refractivity contribution in [3.63, 3.8) is 0 Å². The van der Waals surface area contributed by atoms with Crippen molar-refractivity contribution in [2.45, 2.75) is 32.2 Å². The van der Waals surface area contributed by atoms with Gasteiger partial charge in [0, 0.05) is 63.3 Å². The number of benzene rings is 1. The summed E-state index contributed by atoms with van der Waals surface area (Å²) in [5, 5.41) is 6.78. The van der Waals surface area contributed by atoms with Gasteiger partial charge >= 0.3 is 0 Å². The van der Waals surface area contributed by atoms with Crippen molar-refractivity contribution in [2.75, 3.05) is 82.3 Å². The van der Waals surface area contributed by atoms with E-state index in [2.05, 4.69) is 77.3 Å². The van der Waals surface area contributed by atoms with Crippen LogP contribution in [0.4, 0.5) is 28.8 Å². The second-order valence-corrected chi connectivity index (χ2v) is 16.3. The number of aromatic nitrogens is 4. The highest BCUT2D eigenvalue weighted by Crippen LogP contribution is 2.40. The van der Waals surface area contributed by atoms with E-state index < -0.39 is 7.14 Å². The number of piperidine rings is 1. The zero-order chi connectivity index (χ0) is 31.7. The molecule has 0 saturated carbocycles. The summed E-state index contributed by atoms with van der Waals surface area (Å²) in [4.78, 5) is 21.2. The highest BCUT2D eigenvalue weighted by atomic mass is 79.9. The van der Waals surface area contributed by atoms with Crippen molar-refractivity contribution in [1.29, 1.82) is 0 Å². The number of anilines is 5. The van der Waals surface area contributed by atoms with Gasteiger partial charge in [-0.05, 0) is 79.3 Å². The van der Waals surface area contributed by atoms with E-state index in [0.717, 1.165) is 49.6 Å². The number of fused-ring (bicyclic) bond motifs is 1. The fourth-order valence-electron chi connectivity index (χ4n) is 6.51. The van der Waals surface area contributed by atoms with E-state index in [1.807, 2.05) is 16.5 Å². The summed E-state index contributed by atoms with van der Waals surface area (Å²) in [6.45, 7) is 12.5. The first-order chi connectivity index (χ1) is 21.6. The first-order valence-electron chi connectivity index (χ1n) is 15.6. The highest BCUT2D eigenvalue weighted by molar-refractivity contribution is 9.10. The number of likely N-dealkylation sites (N-methyl/N-ethyl adjacent to an activating group) is 1. The van der Waals surface area contributed by atoms with E-state index in [0.29, 0.717) is 33.4 Å². The molecule has 2 aliphatic rings. The van der Waals surface area contributed by atoms with Crippen LogP contribution in [0, 0.1) is 0 Å². The number of methoxy groups -OCH3 is 1. The van der Waals surface area contributed by atoms with Crippen LogP contribution in [0.15, 0.2) is 47.5 Å². The number of halogens is 1. The molecule has 2 saturated heterocycles. The van der Waals surface area contributed by atoms with Gasteiger partial charge in [-0.15, -0.1) is 0 Å². The molecule has 2 fully saturated rings. The lowest BCUT2D eigenvalue weighted by Gasteiger charge is -2.43. The second-order valence-electron chi connectivity index (χ2n) is 12.3. The van der Waals surface area contributed by atoms with E-state index in [1.165, 1.54) is 37.2 Å². The van der Waals surface area contributed by atoms with Crippen molar-refractivity contribution >= 4 is 62.9 Å². The number of rotatable bonds is 9. The minimum Gasteiger partial charge on any atom is -0.494 e. The maximum Gasteiger partial charge on any atom is 0.229 e. The molecule has 240 valence electrons. The third kappa shape index (κ3) is 6.84. The maximum absolute atomic E-state index is 13.3. The first-order valence-corrected chi connectivity index (χ1v) is 19.0. The Kier molecular flexibility index (Phi) is 9.38. The van der Waals surface area contributed by atoms with Crippen LogP contribution in [0.2, 0.25) is 0 Å². The lowest BCUT2D eigenvalue weighted by Crippen LogP contribution is -2.52. The molecule has 0 atom stereocenters. The summed E-state index contributed by atoms with van der Waals surface area (Å²) in [5.41, 5.74) is 5.56. The Bertz CT molecular complexity index is 1710. The lowest BCUT2D eigenvalue weighted by molar-refractivity contribution is 0.0982. The van der Waals surface area contributed by atoms with E-state index in [1.54, 1.807) is 39.2 Å². The molecule has 2 aliphatic heterocycles. The molecule has 4 aromatic rings. The van der Waals surface area contributed by atoms with Crippen LogP contribution in [0.25, 0.3) is 5.52 Å². The molecule has 5 heterocycles. The van der Waals surface area contributed by atoms with Crippen LogP contribution in [-0.2, 0) is 11.0 Å². The summed E-state index contributed by atoms with van der Waals surface area (Å²) in [7, 11) is 1.24. The number of nitrogens with one attached hydrogen (secondary N) is 2. The summed E-state index contributed by atoms with van der Waals surface area (Å²) in [6, 6.07) is 8.84. The van der Waals surface area contributed by atoms with E-state index in [4.69, 9.17) is 9.72 Å². The van der Waals surface area contributed by atoms with Gasteiger partial charge in [0.15, 0.2) is 0 Å². The van der Waals surface area contributed by atoms with Crippen LogP contribution >= 0.6 is 23.1 Å². The Labute approximate surface area is 273 Å². The summed E-state index contributed by atoms with van der Waals surface area (Å²) in [6.07, 6.45) is 8.40. The number of hydrogen-bond donors (Lipinski definition) is 2. The van der Waals surface area contributed by atoms with Gasteiger partial charge in [0.1, 0.15) is 24.1 Å². The van der Waals surface area contributed by atoms with Crippen molar-refractivity contribution in [1.82, 2.24) is 29.2 Å². The predicted molar refractivity (Wildman–Crippen MR) is 187 cm³/mol. The Balaban J connectivity index is 1.22. The molecule has 6 rings (SSSR count). The number of nitrogens with zero attached hydrogens (tertiary/aromatic N) is 7. The molecule has 2 N–H and O–H groups in total. The molecule has 13 heteroatoms. The van der Waals surface area contributed by atoms with E-state index >= 15 is 0 Å². The molecule has 11 nitrogen and oxygen atoms in total.